The number of aliphatic hydroxyl groups excluding tert-OH is 2. The molecule has 0 saturated heterocycles. The summed E-state index contributed by atoms with van der Waals surface area (Å²) in [4.78, 5) is 12.5. The van der Waals surface area contributed by atoms with Crippen molar-refractivity contribution in [2.75, 3.05) is 26.2 Å². The van der Waals surface area contributed by atoms with Crippen LogP contribution in [0.2, 0.25) is 0 Å². The van der Waals surface area contributed by atoms with Gasteiger partial charge >= 0.3 is 5.97 Å². The van der Waals surface area contributed by atoms with Gasteiger partial charge in [0.2, 0.25) is 0 Å². The second kappa shape index (κ2) is 10.3. The molecule has 0 aliphatic carbocycles. The lowest BCUT2D eigenvalue weighted by molar-refractivity contribution is -0.137. The predicted molar refractivity (Wildman–Crippen MR) is 70.5 cm³/mol. The quantitative estimate of drug-likeness (QED) is 0.516. The van der Waals surface area contributed by atoms with Gasteiger partial charge in [-0.1, -0.05) is 20.3 Å². The molecule has 0 aliphatic rings. The molecule has 0 aromatic rings. The average Bonchev–Trinajstić information content (AvgIpc) is 2.33. The molecular weight excluding hydrogens is 234 g/mol. The summed E-state index contributed by atoms with van der Waals surface area (Å²) in [5.41, 5.74) is 0. The number of likely N-dealkylation sites (N-methyl/N-ethyl adjacent to an activating group) is 1. The van der Waals surface area contributed by atoms with Crippen LogP contribution in [0.4, 0.5) is 0 Å². The number of aliphatic carboxylic acids is 1. The number of rotatable bonds is 11. The number of carboxylic acid groups (broad SMARTS) is 1. The van der Waals surface area contributed by atoms with E-state index < -0.39 is 12.1 Å². The molecule has 0 spiro atoms. The zero-order chi connectivity index (χ0) is 14.0. The number of nitrogens with zero attached hydrogens (tertiary/aromatic N) is 1. The van der Waals surface area contributed by atoms with Crippen molar-refractivity contribution in [2.45, 2.75) is 45.6 Å². The summed E-state index contributed by atoms with van der Waals surface area (Å²) in [6, 6.07) is 0. The number of aliphatic hydroxyl groups is 2. The lowest BCUT2D eigenvalue weighted by Crippen LogP contribution is -2.35. The van der Waals surface area contributed by atoms with E-state index in [1.54, 1.807) is 0 Å². The third kappa shape index (κ3) is 8.44. The van der Waals surface area contributed by atoms with E-state index in [0.29, 0.717) is 25.9 Å². The maximum Gasteiger partial charge on any atom is 0.303 e. The minimum atomic E-state index is -0.779. The van der Waals surface area contributed by atoms with E-state index in [2.05, 4.69) is 0 Å². The summed E-state index contributed by atoms with van der Waals surface area (Å²) in [5, 5.41) is 27.5. The molecule has 0 aromatic carbocycles. The van der Waals surface area contributed by atoms with Crippen LogP contribution >= 0.6 is 0 Å². The Balaban J connectivity index is 4.00. The third-order valence-corrected chi connectivity index (χ3v) is 3.28. The highest BCUT2D eigenvalue weighted by atomic mass is 16.4. The van der Waals surface area contributed by atoms with Gasteiger partial charge in [0, 0.05) is 19.5 Å². The molecule has 0 radical (unpaired) electrons. The molecule has 0 rings (SSSR count). The van der Waals surface area contributed by atoms with E-state index >= 15 is 0 Å². The Morgan fingerprint density at radius 3 is 2.44 bits per heavy atom. The van der Waals surface area contributed by atoms with Gasteiger partial charge in [-0.2, -0.15) is 0 Å². The highest BCUT2D eigenvalue weighted by molar-refractivity contribution is 5.66. The maximum atomic E-state index is 10.5. The minimum Gasteiger partial charge on any atom is -0.481 e. The molecule has 0 aromatic heterocycles. The molecule has 2 atom stereocenters. The molecule has 0 fully saturated rings. The predicted octanol–water partition coefficient (Wildman–Crippen LogP) is 0.943. The van der Waals surface area contributed by atoms with Crippen LogP contribution in [-0.4, -0.2) is 58.5 Å². The molecule has 0 heterocycles. The standard InChI is InChI=1S/C13H27NO4/c1-3-11(5-6-13(17)18)9-12(16)10-14(4-2)7-8-15/h11-12,15-16H,3-10H2,1-2H3,(H,17,18)/t11-,12?/m0/s1. The molecule has 5 heteroatoms. The highest BCUT2D eigenvalue weighted by Crippen LogP contribution is 2.18. The summed E-state index contributed by atoms with van der Waals surface area (Å²) >= 11 is 0. The van der Waals surface area contributed by atoms with Crippen molar-refractivity contribution in [3.63, 3.8) is 0 Å². The van der Waals surface area contributed by atoms with Gasteiger partial charge in [-0.25, -0.2) is 0 Å². The van der Waals surface area contributed by atoms with E-state index in [-0.39, 0.29) is 18.9 Å². The van der Waals surface area contributed by atoms with Crippen molar-refractivity contribution >= 4 is 5.97 Å². The van der Waals surface area contributed by atoms with E-state index in [9.17, 15) is 9.90 Å². The minimum absolute atomic E-state index is 0.0940. The fourth-order valence-electron chi connectivity index (χ4n) is 2.09. The number of carboxylic acids is 1. The smallest absolute Gasteiger partial charge is 0.303 e. The first-order chi connectivity index (χ1) is 8.53. The molecule has 0 amide bonds. The van der Waals surface area contributed by atoms with Crippen molar-refractivity contribution in [2.24, 2.45) is 5.92 Å². The van der Waals surface area contributed by atoms with Gasteiger partial charge in [0.25, 0.3) is 0 Å². The lowest BCUT2D eigenvalue weighted by Gasteiger charge is -2.25. The van der Waals surface area contributed by atoms with Crippen LogP contribution in [0.5, 0.6) is 0 Å². The summed E-state index contributed by atoms with van der Waals surface area (Å²) < 4.78 is 0. The Morgan fingerprint density at radius 1 is 1.33 bits per heavy atom. The fraction of sp³-hybridized carbons (Fsp3) is 0.923. The van der Waals surface area contributed by atoms with Crippen molar-refractivity contribution in [1.29, 1.82) is 0 Å². The van der Waals surface area contributed by atoms with Gasteiger partial charge in [-0.05, 0) is 25.3 Å². The van der Waals surface area contributed by atoms with Crippen LogP contribution in [0, 0.1) is 5.92 Å². The monoisotopic (exact) mass is 261 g/mol. The number of hydrogen-bond acceptors (Lipinski definition) is 4. The second-order valence-corrected chi connectivity index (χ2v) is 4.71. The maximum absolute atomic E-state index is 10.5. The van der Waals surface area contributed by atoms with Crippen LogP contribution in [0.1, 0.15) is 39.5 Å². The first-order valence-electron chi connectivity index (χ1n) is 6.76. The Hall–Kier alpha value is -0.650. The van der Waals surface area contributed by atoms with Gasteiger partial charge in [0.15, 0.2) is 0 Å². The number of carbonyl (C=O) groups is 1. The van der Waals surface area contributed by atoms with Crippen molar-refractivity contribution < 1.29 is 20.1 Å². The Morgan fingerprint density at radius 2 is 2.00 bits per heavy atom. The molecular formula is C13H27NO4. The summed E-state index contributed by atoms with van der Waals surface area (Å²) in [6.45, 7) is 6.01. The van der Waals surface area contributed by atoms with Gasteiger partial charge in [-0.15, -0.1) is 0 Å². The topological polar surface area (TPSA) is 81.0 Å². The van der Waals surface area contributed by atoms with Crippen LogP contribution < -0.4 is 0 Å². The van der Waals surface area contributed by atoms with Gasteiger partial charge < -0.3 is 15.3 Å². The zero-order valence-electron chi connectivity index (χ0n) is 11.5. The highest BCUT2D eigenvalue weighted by Gasteiger charge is 2.16. The Labute approximate surface area is 109 Å². The first kappa shape index (κ1) is 17.4. The fourth-order valence-corrected chi connectivity index (χ4v) is 2.09. The van der Waals surface area contributed by atoms with Gasteiger partial charge in [0.1, 0.15) is 0 Å². The van der Waals surface area contributed by atoms with Gasteiger partial charge in [0.05, 0.1) is 12.7 Å². The van der Waals surface area contributed by atoms with Crippen LogP contribution in [-0.2, 0) is 4.79 Å². The first-order valence-corrected chi connectivity index (χ1v) is 6.76. The van der Waals surface area contributed by atoms with Crippen LogP contribution in [0.15, 0.2) is 0 Å². The molecule has 5 nitrogen and oxygen atoms in total. The van der Waals surface area contributed by atoms with Crippen molar-refractivity contribution in [3.05, 3.63) is 0 Å². The largest absolute Gasteiger partial charge is 0.481 e. The summed E-state index contributed by atoms with van der Waals surface area (Å²) in [6.07, 6.45) is 1.85. The molecule has 108 valence electrons. The Bertz CT molecular complexity index is 223. The number of hydrogen-bond donors (Lipinski definition) is 3. The van der Waals surface area contributed by atoms with E-state index in [4.69, 9.17) is 10.2 Å². The normalized spacial score (nSPS) is 14.7. The molecule has 1 unspecified atom stereocenters. The van der Waals surface area contributed by atoms with Crippen molar-refractivity contribution in [3.8, 4) is 0 Å². The molecule has 18 heavy (non-hydrogen) atoms. The van der Waals surface area contributed by atoms with E-state index in [0.717, 1.165) is 13.0 Å². The molecule has 0 bridgehead atoms. The molecule has 0 saturated carbocycles. The molecule has 3 N–H and O–H groups in total. The van der Waals surface area contributed by atoms with Crippen molar-refractivity contribution in [1.82, 2.24) is 4.90 Å². The van der Waals surface area contributed by atoms with Gasteiger partial charge in [-0.3, -0.25) is 9.69 Å². The third-order valence-electron chi connectivity index (χ3n) is 3.28. The van der Waals surface area contributed by atoms with E-state index in [1.165, 1.54) is 0 Å². The van der Waals surface area contributed by atoms with Crippen LogP contribution in [0.25, 0.3) is 0 Å². The second-order valence-electron chi connectivity index (χ2n) is 4.71. The van der Waals surface area contributed by atoms with Crippen LogP contribution in [0.3, 0.4) is 0 Å². The lowest BCUT2D eigenvalue weighted by atomic mass is 9.93. The average molecular weight is 261 g/mol. The summed E-state index contributed by atoms with van der Waals surface area (Å²) in [7, 11) is 0. The SMILES string of the molecule is CC[C@@H](CCC(=O)O)CC(O)CN(CC)CCO. The van der Waals surface area contributed by atoms with E-state index in [1.807, 2.05) is 18.7 Å². The Kier molecular flexibility index (Phi) is 9.92. The molecule has 0 aliphatic heterocycles. The zero-order valence-corrected chi connectivity index (χ0v) is 11.5. The summed E-state index contributed by atoms with van der Waals surface area (Å²) in [5.74, 6) is -0.526.